The fourth-order valence-electron chi connectivity index (χ4n) is 0.650. The van der Waals surface area contributed by atoms with Crippen LogP contribution < -0.4 is 0 Å². The Kier molecular flexibility index (Phi) is 2.69. The molecule has 0 saturated heterocycles. The van der Waals surface area contributed by atoms with E-state index in [2.05, 4.69) is 6.92 Å². The Hall–Kier alpha value is 0.370. The summed E-state index contributed by atoms with van der Waals surface area (Å²) >= 11 is 2.79. The van der Waals surface area contributed by atoms with Crippen LogP contribution in [0.3, 0.4) is 0 Å². The maximum absolute atomic E-state index is 10.8. The molecule has 0 radical (unpaired) electrons. The second-order valence-corrected chi connectivity index (χ2v) is 5.04. The third kappa shape index (κ3) is 2.54. The van der Waals surface area contributed by atoms with Gasteiger partial charge in [-0.3, -0.25) is 4.79 Å². The van der Waals surface area contributed by atoms with E-state index in [1.165, 1.54) is 36.4 Å². The van der Waals surface area contributed by atoms with Gasteiger partial charge in [-0.05, 0) is 24.5 Å². The van der Waals surface area contributed by atoms with Crippen LogP contribution in [0.25, 0.3) is 0 Å². The molecule has 1 fully saturated rings. The van der Waals surface area contributed by atoms with Crippen LogP contribution >= 0.6 is 23.5 Å². The van der Waals surface area contributed by atoms with Crippen molar-refractivity contribution in [3.05, 3.63) is 0 Å². The van der Waals surface area contributed by atoms with Gasteiger partial charge in [0.2, 0.25) is 4.45 Å². The second-order valence-electron chi connectivity index (χ2n) is 3.05. The molecule has 0 aromatic rings. The Balaban J connectivity index is 2.10. The average molecular weight is 176 g/mol. The van der Waals surface area contributed by atoms with E-state index < -0.39 is 0 Å². The summed E-state index contributed by atoms with van der Waals surface area (Å²) in [4.78, 5) is 10.8. The van der Waals surface area contributed by atoms with Crippen LogP contribution in [0.2, 0.25) is 0 Å². The molecule has 0 spiro atoms. The van der Waals surface area contributed by atoms with E-state index in [9.17, 15) is 4.79 Å². The number of carbonyl (C=O) groups is 1. The van der Waals surface area contributed by atoms with Crippen molar-refractivity contribution in [3.63, 3.8) is 0 Å². The second kappa shape index (κ2) is 3.18. The standard InChI is InChI=1S/C7H12OS2/c1-7(3-4-7)5-10-6(8)9-2/h3-5H2,1-2H3. The van der Waals surface area contributed by atoms with Gasteiger partial charge in [0, 0.05) is 5.75 Å². The predicted molar refractivity (Wildman–Crippen MR) is 48.7 cm³/mol. The molecule has 1 aliphatic carbocycles. The molecule has 10 heavy (non-hydrogen) atoms. The van der Waals surface area contributed by atoms with Gasteiger partial charge in [-0.15, -0.1) is 0 Å². The van der Waals surface area contributed by atoms with Crippen molar-refractivity contribution in [2.24, 2.45) is 5.41 Å². The molecule has 1 aliphatic rings. The van der Waals surface area contributed by atoms with E-state index in [1.54, 1.807) is 0 Å². The van der Waals surface area contributed by atoms with E-state index >= 15 is 0 Å². The Morgan fingerprint density at radius 1 is 1.60 bits per heavy atom. The number of hydrogen-bond donors (Lipinski definition) is 0. The van der Waals surface area contributed by atoms with Gasteiger partial charge in [0.05, 0.1) is 0 Å². The lowest BCUT2D eigenvalue weighted by molar-refractivity contribution is 0.276. The van der Waals surface area contributed by atoms with Crippen LogP contribution in [0.15, 0.2) is 0 Å². The minimum absolute atomic E-state index is 0.258. The lowest BCUT2D eigenvalue weighted by atomic mass is 10.2. The molecule has 1 saturated carbocycles. The van der Waals surface area contributed by atoms with E-state index in [0.29, 0.717) is 5.41 Å². The molecule has 0 N–H and O–H groups in total. The molecule has 0 bridgehead atoms. The minimum atomic E-state index is 0.258. The monoisotopic (exact) mass is 176 g/mol. The first-order valence-electron chi connectivity index (χ1n) is 3.37. The maximum Gasteiger partial charge on any atom is 0.245 e. The summed E-state index contributed by atoms with van der Waals surface area (Å²) < 4.78 is 0.258. The maximum atomic E-state index is 10.8. The molecule has 0 unspecified atom stereocenters. The van der Waals surface area contributed by atoms with Crippen LogP contribution in [0, 0.1) is 5.41 Å². The third-order valence-corrected chi connectivity index (χ3v) is 4.07. The zero-order chi connectivity index (χ0) is 7.61. The van der Waals surface area contributed by atoms with E-state index in [-0.39, 0.29) is 4.45 Å². The predicted octanol–water partition coefficient (Wildman–Crippen LogP) is 3.00. The van der Waals surface area contributed by atoms with Crippen molar-refractivity contribution in [2.75, 3.05) is 12.0 Å². The highest BCUT2D eigenvalue weighted by Gasteiger charge is 2.37. The topological polar surface area (TPSA) is 17.1 Å². The van der Waals surface area contributed by atoms with Gasteiger partial charge in [0.1, 0.15) is 0 Å². The Morgan fingerprint density at radius 2 is 2.20 bits per heavy atom. The average Bonchev–Trinajstić information content (AvgIpc) is 2.64. The quantitative estimate of drug-likeness (QED) is 0.644. The highest BCUT2D eigenvalue weighted by atomic mass is 32.2. The Morgan fingerprint density at radius 3 is 2.60 bits per heavy atom. The van der Waals surface area contributed by atoms with Crippen LogP contribution in [0.4, 0.5) is 4.79 Å². The normalized spacial score (nSPS) is 20.6. The van der Waals surface area contributed by atoms with E-state index in [1.807, 2.05) is 6.26 Å². The fraction of sp³-hybridized carbons (Fsp3) is 0.857. The third-order valence-electron chi connectivity index (χ3n) is 1.81. The molecule has 0 heterocycles. The number of carbonyl (C=O) groups excluding carboxylic acids is 1. The zero-order valence-corrected chi connectivity index (χ0v) is 7.98. The molecule has 0 aliphatic heterocycles. The van der Waals surface area contributed by atoms with Gasteiger partial charge < -0.3 is 0 Å². The molecule has 58 valence electrons. The van der Waals surface area contributed by atoms with Gasteiger partial charge in [0.25, 0.3) is 0 Å². The zero-order valence-electron chi connectivity index (χ0n) is 6.35. The number of rotatable bonds is 2. The van der Waals surface area contributed by atoms with Gasteiger partial charge in [-0.25, -0.2) is 0 Å². The number of thioether (sulfide) groups is 2. The minimum Gasteiger partial charge on any atom is -0.274 e. The smallest absolute Gasteiger partial charge is 0.245 e. The molecule has 0 amide bonds. The summed E-state index contributed by atoms with van der Waals surface area (Å²) in [5.74, 6) is 1.02. The van der Waals surface area contributed by atoms with Crippen molar-refractivity contribution in [2.45, 2.75) is 19.8 Å². The van der Waals surface area contributed by atoms with E-state index in [0.717, 1.165) is 5.75 Å². The molecule has 0 aromatic carbocycles. The van der Waals surface area contributed by atoms with Crippen molar-refractivity contribution < 1.29 is 4.79 Å². The molecule has 1 nitrogen and oxygen atoms in total. The largest absolute Gasteiger partial charge is 0.274 e. The Labute approximate surface area is 70.3 Å². The van der Waals surface area contributed by atoms with Gasteiger partial charge in [0.15, 0.2) is 0 Å². The van der Waals surface area contributed by atoms with Crippen molar-refractivity contribution in [3.8, 4) is 0 Å². The van der Waals surface area contributed by atoms with Crippen molar-refractivity contribution in [1.29, 1.82) is 0 Å². The summed E-state index contributed by atoms with van der Waals surface area (Å²) in [6.45, 7) is 2.24. The lowest BCUT2D eigenvalue weighted by Gasteiger charge is -2.03. The number of hydrogen-bond acceptors (Lipinski definition) is 3. The molecular weight excluding hydrogens is 164 g/mol. The van der Waals surface area contributed by atoms with Gasteiger partial charge >= 0.3 is 0 Å². The first kappa shape index (κ1) is 8.47. The molecule has 3 heteroatoms. The lowest BCUT2D eigenvalue weighted by Crippen LogP contribution is -1.97. The van der Waals surface area contributed by atoms with Crippen LogP contribution in [0.1, 0.15) is 19.8 Å². The molecule has 0 aromatic heterocycles. The summed E-state index contributed by atoms with van der Waals surface area (Å²) in [5.41, 5.74) is 0.510. The fourth-order valence-corrected chi connectivity index (χ4v) is 2.05. The SMILES string of the molecule is CSC(=O)SCC1(C)CC1. The molecule has 0 atom stereocenters. The summed E-state index contributed by atoms with van der Waals surface area (Å²) in [6.07, 6.45) is 4.45. The van der Waals surface area contributed by atoms with Crippen LogP contribution in [0.5, 0.6) is 0 Å². The van der Waals surface area contributed by atoms with Gasteiger partial charge in [-0.1, -0.05) is 30.4 Å². The van der Waals surface area contributed by atoms with Crippen molar-refractivity contribution in [1.82, 2.24) is 0 Å². The van der Waals surface area contributed by atoms with Crippen molar-refractivity contribution >= 4 is 28.0 Å². The summed E-state index contributed by atoms with van der Waals surface area (Å²) in [6, 6.07) is 0. The highest BCUT2D eigenvalue weighted by molar-refractivity contribution is 8.38. The Bertz CT molecular complexity index is 141. The van der Waals surface area contributed by atoms with Gasteiger partial charge in [-0.2, -0.15) is 0 Å². The first-order chi connectivity index (χ1) is 4.66. The van der Waals surface area contributed by atoms with Crippen LogP contribution in [-0.4, -0.2) is 16.5 Å². The molecular formula is C7H12OS2. The first-order valence-corrected chi connectivity index (χ1v) is 5.58. The van der Waals surface area contributed by atoms with Crippen LogP contribution in [-0.2, 0) is 0 Å². The summed E-state index contributed by atoms with van der Waals surface area (Å²) in [7, 11) is 0. The van der Waals surface area contributed by atoms with E-state index in [4.69, 9.17) is 0 Å². The highest BCUT2D eigenvalue weighted by Crippen LogP contribution is 2.47. The summed E-state index contributed by atoms with van der Waals surface area (Å²) in [5, 5.41) is 0. The molecule has 1 rings (SSSR count).